The summed E-state index contributed by atoms with van der Waals surface area (Å²) in [7, 11) is 0. The summed E-state index contributed by atoms with van der Waals surface area (Å²) in [6.45, 7) is 9.11. The lowest BCUT2D eigenvalue weighted by Crippen LogP contribution is -2.43. The summed E-state index contributed by atoms with van der Waals surface area (Å²) in [6.07, 6.45) is 1.76. The van der Waals surface area contributed by atoms with Gasteiger partial charge in [-0.15, -0.1) is 0 Å². The Labute approximate surface area is 148 Å². The van der Waals surface area contributed by atoms with Crippen molar-refractivity contribution in [1.29, 1.82) is 0 Å². The van der Waals surface area contributed by atoms with Crippen LogP contribution in [0.25, 0.3) is 0 Å². The fourth-order valence-electron chi connectivity index (χ4n) is 3.03. The number of rotatable bonds is 3. The molecule has 6 heteroatoms. The molecule has 1 fully saturated rings. The van der Waals surface area contributed by atoms with Gasteiger partial charge in [0.25, 0.3) is 0 Å². The van der Waals surface area contributed by atoms with E-state index in [4.69, 9.17) is 9.15 Å². The highest BCUT2D eigenvalue weighted by Gasteiger charge is 2.25. The van der Waals surface area contributed by atoms with E-state index in [1.807, 2.05) is 19.9 Å². The number of hydrogen-bond donors (Lipinski definition) is 1. The van der Waals surface area contributed by atoms with Gasteiger partial charge in [0, 0.05) is 25.9 Å². The van der Waals surface area contributed by atoms with Crippen molar-refractivity contribution in [2.75, 3.05) is 18.4 Å². The topological polar surface area (TPSA) is 67.6 Å². The van der Waals surface area contributed by atoms with Gasteiger partial charge >= 0.3 is 12.0 Å². The average molecular weight is 343 g/mol. The van der Waals surface area contributed by atoms with E-state index in [2.05, 4.69) is 36.3 Å². The molecular formula is C19H25N3O3. The van der Waals surface area contributed by atoms with Crippen LogP contribution in [0, 0.1) is 27.7 Å². The summed E-state index contributed by atoms with van der Waals surface area (Å²) >= 11 is 0. The Kier molecular flexibility index (Phi) is 4.97. The lowest BCUT2D eigenvalue weighted by Gasteiger charge is -2.32. The second-order valence-electron chi connectivity index (χ2n) is 6.62. The van der Waals surface area contributed by atoms with E-state index in [1.54, 1.807) is 4.90 Å². The molecule has 1 aromatic heterocycles. The molecule has 0 unspecified atom stereocenters. The third-order valence-corrected chi connectivity index (χ3v) is 4.66. The Morgan fingerprint density at radius 3 is 2.40 bits per heavy atom. The number of hydrogen-bond acceptors (Lipinski definition) is 4. The number of oxazole rings is 1. The number of benzene rings is 1. The summed E-state index contributed by atoms with van der Waals surface area (Å²) in [5, 5.41) is 2.72. The zero-order valence-electron chi connectivity index (χ0n) is 15.3. The van der Waals surface area contributed by atoms with E-state index >= 15 is 0 Å². The molecule has 1 aliphatic rings. The molecule has 0 saturated carbocycles. The van der Waals surface area contributed by atoms with Gasteiger partial charge in [0.2, 0.25) is 0 Å². The maximum atomic E-state index is 12.3. The number of aryl methyl sites for hydroxylation is 4. The number of ether oxygens (including phenoxy) is 1. The smallest absolute Gasteiger partial charge is 0.325 e. The molecule has 1 aromatic carbocycles. The minimum atomic E-state index is -0.174. The van der Waals surface area contributed by atoms with Crippen molar-refractivity contribution >= 4 is 12.0 Å². The number of urea groups is 1. The lowest BCUT2D eigenvalue weighted by molar-refractivity contribution is 0.114. The van der Waals surface area contributed by atoms with E-state index < -0.39 is 0 Å². The van der Waals surface area contributed by atoms with E-state index in [0.717, 1.165) is 41.2 Å². The zero-order valence-corrected chi connectivity index (χ0v) is 15.3. The van der Waals surface area contributed by atoms with Gasteiger partial charge in [-0.1, -0.05) is 18.2 Å². The SMILES string of the molecule is Cc1cccc(C)c1OC1CCN(C(=O)Nc2nc(C)c(C)o2)CC1. The monoisotopic (exact) mass is 343 g/mol. The summed E-state index contributed by atoms with van der Waals surface area (Å²) in [5.41, 5.74) is 3.08. The molecule has 6 nitrogen and oxygen atoms in total. The van der Waals surface area contributed by atoms with Crippen LogP contribution >= 0.6 is 0 Å². The molecule has 1 saturated heterocycles. The first-order chi connectivity index (χ1) is 11.9. The molecule has 0 aliphatic carbocycles. The highest BCUT2D eigenvalue weighted by atomic mass is 16.5. The normalized spacial score (nSPS) is 15.3. The highest BCUT2D eigenvalue weighted by molar-refractivity contribution is 5.87. The van der Waals surface area contributed by atoms with Crippen molar-refractivity contribution in [2.45, 2.75) is 46.6 Å². The predicted octanol–water partition coefficient (Wildman–Crippen LogP) is 3.98. The minimum absolute atomic E-state index is 0.134. The number of likely N-dealkylation sites (tertiary alicyclic amines) is 1. The number of piperidine rings is 1. The van der Waals surface area contributed by atoms with Crippen LogP contribution in [0.4, 0.5) is 10.8 Å². The first-order valence-electron chi connectivity index (χ1n) is 8.67. The van der Waals surface area contributed by atoms with Crippen LogP contribution in [0.15, 0.2) is 22.6 Å². The number of amides is 2. The first kappa shape index (κ1) is 17.3. The Hall–Kier alpha value is -2.50. The van der Waals surface area contributed by atoms with Crippen LogP contribution in [-0.4, -0.2) is 35.1 Å². The second kappa shape index (κ2) is 7.17. The molecule has 0 spiro atoms. The molecule has 1 N–H and O–H groups in total. The van der Waals surface area contributed by atoms with Gasteiger partial charge < -0.3 is 14.1 Å². The van der Waals surface area contributed by atoms with Crippen LogP contribution in [0.5, 0.6) is 5.75 Å². The molecule has 3 rings (SSSR count). The molecule has 0 atom stereocenters. The Bertz CT molecular complexity index is 722. The fraction of sp³-hybridized carbons (Fsp3) is 0.474. The van der Waals surface area contributed by atoms with Crippen molar-refractivity contribution in [3.63, 3.8) is 0 Å². The van der Waals surface area contributed by atoms with Crippen molar-refractivity contribution in [3.8, 4) is 5.75 Å². The van der Waals surface area contributed by atoms with E-state index in [0.29, 0.717) is 13.1 Å². The molecule has 134 valence electrons. The number of nitrogens with one attached hydrogen (secondary N) is 1. The lowest BCUT2D eigenvalue weighted by atomic mass is 10.1. The number of anilines is 1. The van der Waals surface area contributed by atoms with Gasteiger partial charge in [-0.25, -0.2) is 4.79 Å². The second-order valence-corrected chi connectivity index (χ2v) is 6.62. The first-order valence-corrected chi connectivity index (χ1v) is 8.67. The summed E-state index contributed by atoms with van der Waals surface area (Å²) in [5.74, 6) is 1.69. The van der Waals surface area contributed by atoms with Crippen molar-refractivity contribution in [3.05, 3.63) is 40.8 Å². The van der Waals surface area contributed by atoms with Crippen molar-refractivity contribution in [1.82, 2.24) is 9.88 Å². The third kappa shape index (κ3) is 3.95. The van der Waals surface area contributed by atoms with Crippen LogP contribution in [-0.2, 0) is 0 Å². The molecular weight excluding hydrogens is 318 g/mol. The maximum absolute atomic E-state index is 12.3. The Balaban J connectivity index is 1.54. The fourth-order valence-corrected chi connectivity index (χ4v) is 3.03. The molecule has 25 heavy (non-hydrogen) atoms. The van der Waals surface area contributed by atoms with Gasteiger partial charge in [0.15, 0.2) is 0 Å². The van der Waals surface area contributed by atoms with Gasteiger partial charge in [0.1, 0.15) is 17.6 Å². The standard InChI is InChI=1S/C19H25N3O3/c1-12-6-5-7-13(2)17(12)25-16-8-10-22(11-9-16)19(23)21-18-20-14(3)15(4)24-18/h5-7,16H,8-11H2,1-4H3,(H,20,21,23). The van der Waals surface area contributed by atoms with E-state index in [1.165, 1.54) is 0 Å². The average Bonchev–Trinajstić information content (AvgIpc) is 2.89. The molecule has 0 bridgehead atoms. The van der Waals surface area contributed by atoms with Gasteiger partial charge in [-0.05, 0) is 38.8 Å². The van der Waals surface area contributed by atoms with Crippen LogP contribution < -0.4 is 10.1 Å². The Morgan fingerprint density at radius 1 is 1.20 bits per heavy atom. The number of para-hydroxylation sites is 1. The van der Waals surface area contributed by atoms with Crippen LogP contribution in [0.1, 0.15) is 35.4 Å². The summed E-state index contributed by atoms with van der Waals surface area (Å²) in [4.78, 5) is 18.3. The van der Waals surface area contributed by atoms with E-state index in [9.17, 15) is 4.79 Å². The molecule has 2 amide bonds. The number of nitrogens with zero attached hydrogens (tertiary/aromatic N) is 2. The molecule has 2 aromatic rings. The van der Waals surface area contributed by atoms with Crippen molar-refractivity contribution in [2.24, 2.45) is 0 Å². The number of carbonyl (C=O) groups is 1. The largest absolute Gasteiger partial charge is 0.490 e. The third-order valence-electron chi connectivity index (χ3n) is 4.66. The summed E-state index contributed by atoms with van der Waals surface area (Å²) < 4.78 is 11.6. The predicted molar refractivity (Wildman–Crippen MR) is 96.1 cm³/mol. The highest BCUT2D eigenvalue weighted by Crippen LogP contribution is 2.26. The van der Waals surface area contributed by atoms with Gasteiger partial charge in [-0.2, -0.15) is 4.98 Å². The minimum Gasteiger partial charge on any atom is -0.490 e. The number of carbonyl (C=O) groups excluding carboxylic acids is 1. The van der Waals surface area contributed by atoms with Gasteiger partial charge in [-0.3, -0.25) is 5.32 Å². The number of aromatic nitrogens is 1. The summed E-state index contributed by atoms with van der Waals surface area (Å²) in [6, 6.07) is 6.24. The van der Waals surface area contributed by atoms with Crippen LogP contribution in [0.3, 0.4) is 0 Å². The molecule has 2 heterocycles. The van der Waals surface area contributed by atoms with Crippen LogP contribution in [0.2, 0.25) is 0 Å². The zero-order chi connectivity index (χ0) is 18.0. The van der Waals surface area contributed by atoms with Crippen molar-refractivity contribution < 1.29 is 13.9 Å². The van der Waals surface area contributed by atoms with E-state index in [-0.39, 0.29) is 18.1 Å². The molecule has 0 radical (unpaired) electrons. The Morgan fingerprint density at radius 2 is 1.84 bits per heavy atom. The quantitative estimate of drug-likeness (QED) is 0.915. The van der Waals surface area contributed by atoms with Gasteiger partial charge in [0.05, 0.1) is 5.69 Å². The maximum Gasteiger partial charge on any atom is 0.325 e. The molecule has 1 aliphatic heterocycles.